The van der Waals surface area contributed by atoms with Gasteiger partial charge >= 0.3 is 0 Å². The van der Waals surface area contributed by atoms with Crippen LogP contribution < -0.4 is 4.74 Å². The van der Waals surface area contributed by atoms with Crippen molar-refractivity contribution in [1.29, 1.82) is 0 Å². The third-order valence-electron chi connectivity index (χ3n) is 2.56. The van der Waals surface area contributed by atoms with Gasteiger partial charge in [-0.25, -0.2) is 0 Å². The van der Waals surface area contributed by atoms with E-state index in [0.29, 0.717) is 27.6 Å². The Balaban J connectivity index is 2.00. The average molecular weight is 334 g/mol. The molecule has 0 N–H and O–H groups in total. The van der Waals surface area contributed by atoms with Gasteiger partial charge in [-0.2, -0.15) is 4.98 Å². The summed E-state index contributed by atoms with van der Waals surface area (Å²) in [5.74, 6) is 1.38. The molecule has 3 nitrogen and oxygen atoms in total. The molecule has 0 amide bonds. The van der Waals surface area contributed by atoms with Crippen LogP contribution in [0.25, 0.3) is 4.96 Å². The molecule has 3 rings (SSSR count). The summed E-state index contributed by atoms with van der Waals surface area (Å²) in [6.45, 7) is 0. The van der Waals surface area contributed by atoms with Crippen LogP contribution in [-0.4, -0.2) is 9.38 Å². The van der Waals surface area contributed by atoms with E-state index in [1.165, 1.54) is 11.3 Å². The molecule has 0 unspecified atom stereocenters. The second-order valence-electron chi connectivity index (χ2n) is 3.73. The molecule has 19 heavy (non-hydrogen) atoms. The normalized spacial score (nSPS) is 11.1. The Morgan fingerprint density at radius 1 is 1.26 bits per heavy atom. The van der Waals surface area contributed by atoms with Gasteiger partial charge in [-0.1, -0.05) is 23.2 Å². The highest BCUT2D eigenvalue weighted by Crippen LogP contribution is 2.32. The Kier molecular flexibility index (Phi) is 3.58. The highest BCUT2D eigenvalue weighted by molar-refractivity contribution is 7.15. The summed E-state index contributed by atoms with van der Waals surface area (Å²) < 4.78 is 7.63. The first-order valence-electron chi connectivity index (χ1n) is 5.32. The molecule has 0 aliphatic heterocycles. The molecule has 0 radical (unpaired) electrons. The van der Waals surface area contributed by atoms with Gasteiger partial charge in [0.1, 0.15) is 11.4 Å². The zero-order chi connectivity index (χ0) is 13.4. The van der Waals surface area contributed by atoms with Gasteiger partial charge in [-0.3, -0.25) is 4.40 Å². The van der Waals surface area contributed by atoms with Crippen molar-refractivity contribution in [2.75, 3.05) is 0 Å². The monoisotopic (exact) mass is 332 g/mol. The Hall–Kier alpha value is -0.940. The smallest absolute Gasteiger partial charge is 0.243 e. The average Bonchev–Trinajstić information content (AvgIpc) is 2.94. The van der Waals surface area contributed by atoms with Gasteiger partial charge in [0.15, 0.2) is 4.96 Å². The summed E-state index contributed by atoms with van der Waals surface area (Å²) in [6.07, 6.45) is 1.91. The van der Waals surface area contributed by atoms with E-state index in [0.717, 1.165) is 10.7 Å². The minimum absolute atomic E-state index is 0.314. The molecule has 0 aliphatic carbocycles. The zero-order valence-corrected chi connectivity index (χ0v) is 12.5. The highest BCUT2D eigenvalue weighted by Gasteiger charge is 2.14. The number of fused-ring (bicyclic) bond motifs is 1. The van der Waals surface area contributed by atoms with E-state index in [1.54, 1.807) is 18.2 Å². The Labute approximate surface area is 128 Å². The lowest BCUT2D eigenvalue weighted by atomic mass is 10.3. The Morgan fingerprint density at radius 2 is 2.11 bits per heavy atom. The summed E-state index contributed by atoms with van der Waals surface area (Å²) in [7, 11) is 0. The van der Waals surface area contributed by atoms with E-state index in [4.69, 9.17) is 39.5 Å². The van der Waals surface area contributed by atoms with E-state index in [9.17, 15) is 0 Å². The van der Waals surface area contributed by atoms with E-state index < -0.39 is 0 Å². The number of thiazole rings is 1. The maximum Gasteiger partial charge on any atom is 0.243 e. The quantitative estimate of drug-likeness (QED) is 0.613. The number of ether oxygens (including phenoxy) is 1. The van der Waals surface area contributed by atoms with Gasteiger partial charge in [-0.05, 0) is 12.1 Å². The van der Waals surface area contributed by atoms with Gasteiger partial charge in [0.25, 0.3) is 0 Å². The number of halogens is 3. The summed E-state index contributed by atoms with van der Waals surface area (Å²) in [4.78, 5) is 5.23. The number of hydrogen-bond donors (Lipinski definition) is 0. The first-order valence-corrected chi connectivity index (χ1v) is 7.49. The third kappa shape index (κ3) is 2.41. The van der Waals surface area contributed by atoms with Crippen molar-refractivity contribution in [2.45, 2.75) is 5.88 Å². The van der Waals surface area contributed by atoms with Gasteiger partial charge in [0.2, 0.25) is 5.88 Å². The fourth-order valence-corrected chi connectivity index (χ4v) is 2.92. The molecule has 0 fully saturated rings. The summed E-state index contributed by atoms with van der Waals surface area (Å²) in [5.41, 5.74) is 0.809. The first-order chi connectivity index (χ1) is 9.19. The van der Waals surface area contributed by atoms with Crippen molar-refractivity contribution >= 4 is 51.1 Å². The van der Waals surface area contributed by atoms with Crippen LogP contribution in [0.4, 0.5) is 0 Å². The van der Waals surface area contributed by atoms with Crippen LogP contribution in [0.5, 0.6) is 11.6 Å². The van der Waals surface area contributed by atoms with Crippen LogP contribution in [0, 0.1) is 0 Å². The Bertz CT molecular complexity index is 738. The Morgan fingerprint density at radius 3 is 2.84 bits per heavy atom. The van der Waals surface area contributed by atoms with Crippen LogP contribution >= 0.6 is 46.1 Å². The second kappa shape index (κ2) is 5.21. The fraction of sp³-hybridized carbons (Fsp3) is 0.0833. The minimum atomic E-state index is 0.314. The largest absolute Gasteiger partial charge is 0.437 e. The van der Waals surface area contributed by atoms with Gasteiger partial charge in [-0.15, -0.1) is 22.9 Å². The van der Waals surface area contributed by atoms with Gasteiger partial charge in [0, 0.05) is 17.6 Å². The molecular formula is C12H7Cl3N2OS. The number of hydrogen-bond acceptors (Lipinski definition) is 3. The lowest BCUT2D eigenvalue weighted by Gasteiger charge is -2.05. The van der Waals surface area contributed by atoms with Gasteiger partial charge in [0.05, 0.1) is 15.9 Å². The first kappa shape index (κ1) is 13.1. The fourth-order valence-electron chi connectivity index (χ4n) is 1.67. The molecule has 0 saturated heterocycles. The molecule has 0 saturated carbocycles. The number of rotatable bonds is 3. The number of aromatic nitrogens is 2. The molecule has 2 heterocycles. The number of nitrogens with zero attached hydrogens (tertiary/aromatic N) is 2. The number of benzene rings is 1. The predicted octanol–water partition coefficient (Wildman–Crippen LogP) is 5.23. The second-order valence-corrected chi connectivity index (χ2v) is 5.69. The van der Waals surface area contributed by atoms with Gasteiger partial charge < -0.3 is 4.74 Å². The summed E-state index contributed by atoms with van der Waals surface area (Å²) in [6, 6.07) is 5.06. The van der Waals surface area contributed by atoms with Crippen molar-refractivity contribution < 1.29 is 4.74 Å². The van der Waals surface area contributed by atoms with Crippen molar-refractivity contribution in [3.05, 3.63) is 45.5 Å². The molecule has 1 aromatic carbocycles. The van der Waals surface area contributed by atoms with E-state index in [-0.39, 0.29) is 0 Å². The molecular weight excluding hydrogens is 327 g/mol. The number of alkyl halides is 1. The highest BCUT2D eigenvalue weighted by atomic mass is 35.5. The molecule has 98 valence electrons. The summed E-state index contributed by atoms with van der Waals surface area (Å²) >= 11 is 19.3. The standard InChI is InChI=1S/C12H7Cl3N2OS/c13-6-10-11(16-12-17(10)3-4-19-12)18-7-1-2-8(14)9(15)5-7/h1-5H,6H2. The van der Waals surface area contributed by atoms with Crippen LogP contribution in [0.1, 0.15) is 5.69 Å². The molecule has 0 spiro atoms. The third-order valence-corrected chi connectivity index (χ3v) is 4.31. The van der Waals surface area contributed by atoms with E-state index >= 15 is 0 Å². The zero-order valence-electron chi connectivity index (χ0n) is 9.44. The van der Waals surface area contributed by atoms with Crippen LogP contribution in [0.2, 0.25) is 10.0 Å². The lowest BCUT2D eigenvalue weighted by Crippen LogP contribution is -1.91. The predicted molar refractivity (Wildman–Crippen MR) is 79.2 cm³/mol. The van der Waals surface area contributed by atoms with Crippen LogP contribution in [-0.2, 0) is 5.88 Å². The minimum Gasteiger partial charge on any atom is -0.437 e. The molecule has 0 atom stereocenters. The SMILES string of the molecule is ClCc1c(Oc2ccc(Cl)c(Cl)c2)nc2sccn12. The number of imidazole rings is 1. The lowest BCUT2D eigenvalue weighted by molar-refractivity contribution is 0.461. The van der Waals surface area contributed by atoms with Crippen molar-refractivity contribution in [3.8, 4) is 11.6 Å². The van der Waals surface area contributed by atoms with Crippen molar-refractivity contribution in [2.24, 2.45) is 0 Å². The van der Waals surface area contributed by atoms with Crippen LogP contribution in [0.15, 0.2) is 29.8 Å². The van der Waals surface area contributed by atoms with Crippen molar-refractivity contribution in [3.63, 3.8) is 0 Å². The molecule has 0 aliphatic rings. The van der Waals surface area contributed by atoms with E-state index in [1.807, 2.05) is 16.0 Å². The molecule has 7 heteroatoms. The molecule has 2 aromatic heterocycles. The van der Waals surface area contributed by atoms with E-state index in [2.05, 4.69) is 4.98 Å². The molecule has 0 bridgehead atoms. The maximum absolute atomic E-state index is 5.95. The maximum atomic E-state index is 5.95. The van der Waals surface area contributed by atoms with Crippen LogP contribution in [0.3, 0.4) is 0 Å². The topological polar surface area (TPSA) is 26.5 Å². The summed E-state index contributed by atoms with van der Waals surface area (Å²) in [5, 5.41) is 2.87. The molecule has 3 aromatic rings. The van der Waals surface area contributed by atoms with Crippen molar-refractivity contribution in [1.82, 2.24) is 9.38 Å².